The second kappa shape index (κ2) is 38.2. The molecule has 1 saturated heterocycles. The van der Waals surface area contributed by atoms with Crippen molar-refractivity contribution >= 4 is 106 Å². The van der Waals surface area contributed by atoms with Gasteiger partial charge in [-0.15, -0.1) is 0 Å². The molecule has 4 unspecified atom stereocenters. The number of halogens is 6. The molecule has 4 aliphatic rings. The summed E-state index contributed by atoms with van der Waals surface area (Å²) in [7, 11) is 0. The van der Waals surface area contributed by atoms with E-state index in [0.29, 0.717) is 23.9 Å². The Bertz CT molecular complexity index is 1390. The van der Waals surface area contributed by atoms with Crippen molar-refractivity contribution in [3.05, 3.63) is 0 Å². The van der Waals surface area contributed by atoms with Crippen LogP contribution in [0.15, 0.2) is 0 Å². The van der Waals surface area contributed by atoms with Crippen LogP contribution in [0.2, 0.25) is 0 Å². The molecule has 18 nitrogen and oxygen atoms in total. The lowest BCUT2D eigenvalue weighted by Gasteiger charge is -2.37. The van der Waals surface area contributed by atoms with Gasteiger partial charge in [0.05, 0.1) is 0 Å². The SMILES string of the molecule is CC(C)N(C(=O)OCCl)C(C)(C)C.CC1CC1NC(=O)OCCl.CCC(C)N(C(=O)OCCl)C(C)CC.CCCN(CC1CC1)C(=O)OCCl.O=C(NC1CC1)OCCl.O=C(OCCl)N1CC1. The zero-order valence-electron chi connectivity index (χ0n) is 41.2. The van der Waals surface area contributed by atoms with Gasteiger partial charge in [0.15, 0.2) is 36.4 Å². The van der Waals surface area contributed by atoms with Crippen molar-refractivity contribution in [2.24, 2.45) is 11.8 Å². The van der Waals surface area contributed by atoms with Crippen LogP contribution in [-0.2, 0) is 28.4 Å². The number of amides is 6. The van der Waals surface area contributed by atoms with E-state index in [-0.39, 0.29) is 84.4 Å². The fourth-order valence-corrected chi connectivity index (χ4v) is 6.15. The van der Waals surface area contributed by atoms with E-state index in [1.807, 2.05) is 69.2 Å². The molecule has 4 fully saturated rings. The van der Waals surface area contributed by atoms with E-state index in [1.54, 1.807) is 19.6 Å². The average Bonchev–Trinajstić information content (AvgIpc) is 4.02. The minimum atomic E-state index is -0.413. The molecular weight excluding hydrogens is 1010 g/mol. The summed E-state index contributed by atoms with van der Waals surface area (Å²) in [6, 6.07) is 0.735. The van der Waals surface area contributed by atoms with Gasteiger partial charge < -0.3 is 58.7 Å². The lowest BCUT2D eigenvalue weighted by atomic mass is 10.1. The number of hydrogen-bond acceptors (Lipinski definition) is 12. The Morgan fingerprint density at radius 3 is 1.42 bits per heavy atom. The third-order valence-corrected chi connectivity index (χ3v) is 10.5. The van der Waals surface area contributed by atoms with Crippen LogP contribution in [0.5, 0.6) is 0 Å². The number of carbonyl (C=O) groups is 6. The van der Waals surface area contributed by atoms with Crippen LogP contribution in [0, 0.1) is 11.8 Å². The van der Waals surface area contributed by atoms with Gasteiger partial charge in [-0.3, -0.25) is 0 Å². The van der Waals surface area contributed by atoms with Gasteiger partial charge in [-0.1, -0.05) is 97.3 Å². The Morgan fingerprint density at radius 1 is 0.642 bits per heavy atom. The number of alkyl halides is 6. The van der Waals surface area contributed by atoms with E-state index in [2.05, 4.69) is 31.8 Å². The second-order valence-electron chi connectivity index (χ2n) is 17.0. The Kier molecular flexibility index (Phi) is 37.8. The monoisotopic (exact) mass is 1080 g/mol. The Labute approximate surface area is 429 Å². The molecule has 67 heavy (non-hydrogen) atoms. The quantitative estimate of drug-likeness (QED) is 0.0796. The lowest BCUT2D eigenvalue weighted by molar-refractivity contribution is 0.0620. The molecule has 3 saturated carbocycles. The predicted molar refractivity (Wildman–Crippen MR) is 264 cm³/mol. The summed E-state index contributed by atoms with van der Waals surface area (Å²) in [6.07, 6.45) is 6.39. The third kappa shape index (κ3) is 34.3. The molecule has 6 amide bonds. The van der Waals surface area contributed by atoms with E-state index in [0.717, 1.165) is 64.7 Å². The summed E-state index contributed by atoms with van der Waals surface area (Å²) in [4.78, 5) is 72.6. The maximum absolute atomic E-state index is 11.6. The van der Waals surface area contributed by atoms with Gasteiger partial charge in [0.2, 0.25) is 0 Å². The molecule has 4 rings (SSSR count). The molecule has 0 radical (unpaired) electrons. The zero-order chi connectivity index (χ0) is 51.7. The first-order chi connectivity index (χ1) is 31.6. The molecule has 394 valence electrons. The summed E-state index contributed by atoms with van der Waals surface area (Å²) in [5, 5.41) is 5.27. The molecule has 0 aromatic carbocycles. The van der Waals surface area contributed by atoms with Gasteiger partial charge in [-0.05, 0) is 112 Å². The summed E-state index contributed by atoms with van der Waals surface area (Å²) < 4.78 is 27.6. The van der Waals surface area contributed by atoms with Crippen LogP contribution in [0.1, 0.15) is 128 Å². The lowest BCUT2D eigenvalue weighted by Crippen LogP contribution is -2.49. The van der Waals surface area contributed by atoms with Crippen molar-refractivity contribution < 1.29 is 57.2 Å². The van der Waals surface area contributed by atoms with Crippen LogP contribution in [0.4, 0.5) is 28.8 Å². The Hall–Kier alpha value is -2.64. The van der Waals surface area contributed by atoms with E-state index in [4.69, 9.17) is 83.8 Å². The summed E-state index contributed by atoms with van der Waals surface area (Å²) in [6.45, 7) is 25.3. The molecule has 0 aromatic rings. The zero-order valence-corrected chi connectivity index (χ0v) is 45.8. The van der Waals surface area contributed by atoms with Crippen LogP contribution in [-0.4, -0.2) is 154 Å². The van der Waals surface area contributed by atoms with Gasteiger partial charge in [0.1, 0.15) is 0 Å². The maximum Gasteiger partial charge on any atom is 0.411 e. The van der Waals surface area contributed by atoms with Crippen molar-refractivity contribution in [2.75, 3.05) is 62.6 Å². The smallest absolute Gasteiger partial charge is 0.411 e. The number of alkyl carbamates (subject to hydrolysis) is 2. The number of ether oxygens (including phenoxy) is 6. The highest BCUT2D eigenvalue weighted by Crippen LogP contribution is 2.30. The van der Waals surface area contributed by atoms with Crippen LogP contribution >= 0.6 is 69.6 Å². The van der Waals surface area contributed by atoms with Gasteiger partial charge in [-0.25, -0.2) is 28.8 Å². The van der Waals surface area contributed by atoms with Crippen molar-refractivity contribution in [1.29, 1.82) is 0 Å². The normalized spacial score (nSPS) is 16.9. The highest BCUT2D eigenvalue weighted by Gasteiger charge is 2.34. The maximum atomic E-state index is 11.6. The highest BCUT2D eigenvalue weighted by molar-refractivity contribution is 6.18. The minimum absolute atomic E-state index is 0.0463. The Morgan fingerprint density at radius 2 is 1.07 bits per heavy atom. The van der Waals surface area contributed by atoms with E-state index < -0.39 is 12.2 Å². The van der Waals surface area contributed by atoms with Gasteiger partial charge in [0, 0.05) is 61.9 Å². The molecule has 3 aliphatic carbocycles. The molecule has 0 spiro atoms. The fourth-order valence-electron chi connectivity index (χ4n) is 5.58. The van der Waals surface area contributed by atoms with Gasteiger partial charge in [-0.2, -0.15) is 0 Å². The molecular formula is C43H78Cl6N6O12. The van der Waals surface area contributed by atoms with E-state index in [1.165, 1.54) is 12.8 Å². The summed E-state index contributed by atoms with van der Waals surface area (Å²) >= 11 is 31.4. The topological polar surface area (TPSA) is 195 Å². The van der Waals surface area contributed by atoms with Crippen LogP contribution in [0.3, 0.4) is 0 Å². The van der Waals surface area contributed by atoms with Gasteiger partial charge >= 0.3 is 36.6 Å². The molecule has 2 N–H and O–H groups in total. The highest BCUT2D eigenvalue weighted by atomic mass is 35.5. The third-order valence-electron chi connectivity index (χ3n) is 9.81. The summed E-state index contributed by atoms with van der Waals surface area (Å²) in [5.74, 6) is 1.30. The van der Waals surface area contributed by atoms with Gasteiger partial charge in [0.25, 0.3) is 0 Å². The molecule has 0 bridgehead atoms. The summed E-state index contributed by atoms with van der Waals surface area (Å²) in [5.41, 5.74) is -0.239. The molecule has 1 aliphatic heterocycles. The first-order valence-corrected chi connectivity index (χ1v) is 25.7. The van der Waals surface area contributed by atoms with E-state index >= 15 is 0 Å². The predicted octanol–water partition coefficient (Wildman–Crippen LogP) is 11.5. The minimum Gasteiger partial charge on any atom is -0.433 e. The van der Waals surface area contributed by atoms with Crippen LogP contribution < -0.4 is 10.6 Å². The van der Waals surface area contributed by atoms with Crippen molar-refractivity contribution in [2.45, 2.75) is 163 Å². The molecule has 1 heterocycles. The standard InChI is InChI=1S/C10H20ClNO2.C9H16ClNO2.C9H18ClNO2.C6H10ClNO2.C5H8ClNO2.C4H6ClNO2/c1-5-8(3)12(9(4)6-2)10(13)14-7-11;1-2-5-11(6-8-3-4-8)9(12)13-7-10;1-7(2)11(9(3,4)5)8(12)13-6-10;1-4-2-5(4)8-6(9)10-3-7;6-3-9-5(8)7-4-1-2-4;5-3-8-4(7)6-1-2-6/h8-9H,5-7H2,1-4H3;8H,2-7H2,1H3;7H,6H2,1-5H3;4-5H,2-3H2,1H3,(H,8,9);4H,1-3H2,(H,7,8);1-3H2. The average molecular weight is 1080 g/mol. The van der Waals surface area contributed by atoms with Crippen molar-refractivity contribution in [3.8, 4) is 0 Å². The van der Waals surface area contributed by atoms with E-state index in [9.17, 15) is 28.8 Å². The Balaban J connectivity index is 0. The van der Waals surface area contributed by atoms with Crippen molar-refractivity contribution in [3.63, 3.8) is 0 Å². The first-order valence-electron chi connectivity index (χ1n) is 22.5. The van der Waals surface area contributed by atoms with Crippen molar-refractivity contribution in [1.82, 2.24) is 30.2 Å². The molecule has 4 atom stereocenters. The number of hydrogen-bond donors (Lipinski definition) is 2. The molecule has 0 aromatic heterocycles. The largest absolute Gasteiger partial charge is 0.433 e. The number of nitrogens with one attached hydrogen (secondary N) is 2. The fraction of sp³-hybridized carbons (Fsp3) is 0.860. The number of carbonyl (C=O) groups excluding carboxylic acids is 6. The molecule has 24 heteroatoms. The second-order valence-corrected chi connectivity index (χ2v) is 18.3. The van der Waals surface area contributed by atoms with Crippen LogP contribution in [0.25, 0.3) is 0 Å². The number of nitrogens with zero attached hydrogens (tertiary/aromatic N) is 4. The number of rotatable bonds is 17. The first kappa shape index (κ1) is 66.4.